The Kier molecular flexibility index (Phi) is 5.15. The van der Waals surface area contributed by atoms with E-state index in [0.717, 1.165) is 0 Å². The van der Waals surface area contributed by atoms with E-state index in [0.29, 0.717) is 6.61 Å². The van der Waals surface area contributed by atoms with Crippen LogP contribution in [0.2, 0.25) is 0 Å². The molecule has 6 heteroatoms. The Bertz CT molecular complexity index is 167. The van der Waals surface area contributed by atoms with Crippen molar-refractivity contribution in [2.75, 3.05) is 6.61 Å². The van der Waals surface area contributed by atoms with Gasteiger partial charge in [0.15, 0.2) is 0 Å². The van der Waals surface area contributed by atoms with Gasteiger partial charge in [-0.15, -0.1) is 0 Å². The maximum absolute atomic E-state index is 9.72. The van der Waals surface area contributed by atoms with Crippen LogP contribution in [0.3, 0.4) is 0 Å². The zero-order chi connectivity index (χ0) is 11.4. The van der Waals surface area contributed by atoms with E-state index in [-0.39, 0.29) is 0 Å². The molecule has 0 aromatic carbocycles. The summed E-state index contributed by atoms with van der Waals surface area (Å²) in [6.07, 6.45) is 0. The molecule has 0 saturated carbocycles. The highest BCUT2D eigenvalue weighted by Crippen LogP contribution is 2.24. The molecule has 0 amide bonds. The molecule has 0 atom stereocenters. The van der Waals surface area contributed by atoms with Gasteiger partial charge in [-0.2, -0.15) is 0 Å². The van der Waals surface area contributed by atoms with Crippen molar-refractivity contribution in [2.24, 2.45) is 0 Å². The lowest BCUT2D eigenvalue weighted by molar-refractivity contribution is -0.0894. The van der Waals surface area contributed by atoms with Crippen molar-refractivity contribution in [2.45, 2.75) is 45.8 Å². The van der Waals surface area contributed by atoms with Gasteiger partial charge >= 0.3 is 14.4 Å². The summed E-state index contributed by atoms with van der Waals surface area (Å²) < 4.78 is 10.1. The molecule has 4 nitrogen and oxygen atoms in total. The van der Waals surface area contributed by atoms with Crippen LogP contribution in [0.4, 0.5) is 0 Å². The van der Waals surface area contributed by atoms with Gasteiger partial charge in [0.25, 0.3) is 0 Å². The SMILES string of the molecule is CCOB(O)[B]OC(C)(C)C(C)(C)O. The zero-order valence-corrected chi connectivity index (χ0v) is 9.57. The van der Waals surface area contributed by atoms with Crippen LogP contribution in [0, 0.1) is 0 Å². The van der Waals surface area contributed by atoms with E-state index in [1.54, 1.807) is 34.6 Å². The lowest BCUT2D eigenvalue weighted by Gasteiger charge is -2.37. The molecule has 1 radical (unpaired) electrons. The van der Waals surface area contributed by atoms with Crippen molar-refractivity contribution in [1.29, 1.82) is 0 Å². The molecule has 0 aliphatic rings. The monoisotopic (exact) mass is 201 g/mol. The van der Waals surface area contributed by atoms with Gasteiger partial charge in [-0.3, -0.25) is 0 Å². The molecule has 0 bridgehead atoms. The van der Waals surface area contributed by atoms with Crippen LogP contribution in [0.15, 0.2) is 0 Å². The van der Waals surface area contributed by atoms with Crippen LogP contribution in [-0.2, 0) is 9.31 Å². The second-order valence-electron chi connectivity index (χ2n) is 4.17. The second-order valence-corrected chi connectivity index (χ2v) is 4.17. The first-order chi connectivity index (χ1) is 6.20. The van der Waals surface area contributed by atoms with Crippen molar-refractivity contribution in [3.63, 3.8) is 0 Å². The lowest BCUT2D eigenvalue weighted by atomic mass is 9.56. The summed E-state index contributed by atoms with van der Waals surface area (Å²) in [5.74, 6) is 0. The van der Waals surface area contributed by atoms with Gasteiger partial charge < -0.3 is 19.4 Å². The number of rotatable bonds is 6. The van der Waals surface area contributed by atoms with Gasteiger partial charge in [0, 0.05) is 6.61 Å². The molecule has 0 fully saturated rings. The minimum atomic E-state index is -1.05. The molecule has 14 heavy (non-hydrogen) atoms. The van der Waals surface area contributed by atoms with E-state index in [4.69, 9.17) is 9.31 Å². The summed E-state index contributed by atoms with van der Waals surface area (Å²) in [5, 5.41) is 18.9. The van der Waals surface area contributed by atoms with Crippen molar-refractivity contribution in [3.8, 4) is 0 Å². The Morgan fingerprint density at radius 1 is 1.29 bits per heavy atom. The summed E-state index contributed by atoms with van der Waals surface area (Å²) >= 11 is 0. The Labute approximate surface area is 87.0 Å². The molecular formula is C8H19B2O4. The Morgan fingerprint density at radius 2 is 1.79 bits per heavy atom. The van der Waals surface area contributed by atoms with E-state index in [1.165, 1.54) is 7.37 Å². The number of hydrogen-bond acceptors (Lipinski definition) is 4. The number of aliphatic hydroxyl groups is 1. The predicted molar refractivity (Wildman–Crippen MR) is 56.8 cm³/mol. The first-order valence-corrected chi connectivity index (χ1v) is 4.74. The summed E-state index contributed by atoms with van der Waals surface area (Å²) in [6, 6.07) is 0. The molecule has 2 N–H and O–H groups in total. The van der Waals surface area contributed by atoms with Crippen molar-refractivity contribution < 1.29 is 19.4 Å². The van der Waals surface area contributed by atoms with Gasteiger partial charge in [0.2, 0.25) is 0 Å². The average Bonchev–Trinajstić information content (AvgIpc) is 1.99. The van der Waals surface area contributed by atoms with E-state index >= 15 is 0 Å². The van der Waals surface area contributed by atoms with E-state index in [9.17, 15) is 10.1 Å². The van der Waals surface area contributed by atoms with E-state index in [1.807, 2.05) is 0 Å². The van der Waals surface area contributed by atoms with Crippen LogP contribution in [-0.4, -0.2) is 42.3 Å². The average molecular weight is 201 g/mol. The van der Waals surface area contributed by atoms with Crippen LogP contribution >= 0.6 is 0 Å². The normalized spacial score (nSPS) is 12.8. The lowest BCUT2D eigenvalue weighted by Crippen LogP contribution is -2.50. The maximum atomic E-state index is 9.72. The fourth-order valence-corrected chi connectivity index (χ4v) is 0.583. The predicted octanol–water partition coefficient (Wildman–Crippen LogP) is 0.185. The largest absolute Gasteiger partial charge is 0.436 e. The van der Waals surface area contributed by atoms with Gasteiger partial charge in [-0.25, -0.2) is 0 Å². The third kappa shape index (κ3) is 4.46. The van der Waals surface area contributed by atoms with Gasteiger partial charge in [0.1, 0.15) is 0 Å². The molecule has 0 saturated heterocycles. The molecule has 0 aliphatic carbocycles. The van der Waals surface area contributed by atoms with Crippen molar-refractivity contribution in [3.05, 3.63) is 0 Å². The summed E-state index contributed by atoms with van der Waals surface area (Å²) in [4.78, 5) is 0. The van der Waals surface area contributed by atoms with Gasteiger partial charge in [0.05, 0.1) is 11.2 Å². The Balaban J connectivity index is 3.99. The summed E-state index contributed by atoms with van der Waals surface area (Å²) in [6.45, 7) is 8.95. The first kappa shape index (κ1) is 14.0. The molecule has 0 aliphatic heterocycles. The summed E-state index contributed by atoms with van der Waals surface area (Å²) in [5.41, 5.74) is -1.76. The molecule has 0 heterocycles. The topological polar surface area (TPSA) is 58.9 Å². The van der Waals surface area contributed by atoms with Gasteiger partial charge in [-0.05, 0) is 34.6 Å². The highest BCUT2D eigenvalue weighted by Gasteiger charge is 2.37. The third-order valence-corrected chi connectivity index (χ3v) is 2.29. The second kappa shape index (κ2) is 5.16. The highest BCUT2D eigenvalue weighted by atomic mass is 16.5. The molecule has 0 rings (SSSR count). The maximum Gasteiger partial charge on any atom is 0.436 e. The third-order valence-electron chi connectivity index (χ3n) is 2.29. The van der Waals surface area contributed by atoms with Crippen molar-refractivity contribution >= 4 is 14.4 Å². The number of hydrogen-bond donors (Lipinski definition) is 2. The van der Waals surface area contributed by atoms with E-state index < -0.39 is 18.2 Å². The molecule has 0 unspecified atom stereocenters. The fourth-order valence-electron chi connectivity index (χ4n) is 0.583. The highest BCUT2D eigenvalue weighted by molar-refractivity contribution is 7.02. The Morgan fingerprint density at radius 3 is 2.14 bits per heavy atom. The van der Waals surface area contributed by atoms with Crippen molar-refractivity contribution in [1.82, 2.24) is 0 Å². The van der Waals surface area contributed by atoms with Crippen LogP contribution in [0.1, 0.15) is 34.6 Å². The van der Waals surface area contributed by atoms with Crippen LogP contribution in [0.5, 0.6) is 0 Å². The van der Waals surface area contributed by atoms with Gasteiger partial charge in [-0.1, -0.05) is 0 Å². The minimum absolute atomic E-state index is 0.407. The molecule has 0 spiro atoms. The Hall–Kier alpha value is -0.0301. The fraction of sp³-hybridized carbons (Fsp3) is 1.00. The first-order valence-electron chi connectivity index (χ1n) is 4.74. The zero-order valence-electron chi connectivity index (χ0n) is 9.57. The molecule has 0 aromatic rings. The summed E-state index contributed by atoms with van der Waals surface area (Å²) in [7, 11) is 0.128. The smallest absolute Gasteiger partial charge is 0.435 e. The molecular weight excluding hydrogens is 182 g/mol. The standard InChI is InChI=1S/C8H19B2O4/c1-6-13-10(12)9-14-8(4,5)7(2,3)11/h11-12H,6H2,1-5H3. The quantitative estimate of drug-likeness (QED) is 0.602. The van der Waals surface area contributed by atoms with Crippen LogP contribution in [0.25, 0.3) is 0 Å². The molecule has 0 aromatic heterocycles. The minimum Gasteiger partial charge on any atom is -0.435 e. The van der Waals surface area contributed by atoms with Crippen LogP contribution < -0.4 is 0 Å². The molecule has 81 valence electrons. The van der Waals surface area contributed by atoms with E-state index in [2.05, 4.69) is 0 Å².